The number of nitrogens with zero attached hydrogens (tertiary/aromatic N) is 2. The summed E-state index contributed by atoms with van der Waals surface area (Å²) in [4.78, 5) is 15.6. The maximum atomic E-state index is 11.3. The Morgan fingerprint density at radius 2 is 2.00 bits per heavy atom. The molecule has 1 aliphatic rings. The van der Waals surface area contributed by atoms with Crippen molar-refractivity contribution in [2.45, 2.75) is 19.8 Å². The molecule has 1 fully saturated rings. The predicted octanol–water partition coefficient (Wildman–Crippen LogP) is 2.61. The summed E-state index contributed by atoms with van der Waals surface area (Å²) in [6.07, 6.45) is 0. The maximum absolute atomic E-state index is 11.3. The van der Waals surface area contributed by atoms with Crippen molar-refractivity contribution in [2.24, 2.45) is 0 Å². The molecule has 0 spiro atoms. The quantitative estimate of drug-likeness (QED) is 0.850. The highest BCUT2D eigenvalue weighted by atomic mass is 35.5. The summed E-state index contributed by atoms with van der Waals surface area (Å²) in [5.74, 6) is 0.644. The van der Waals surface area contributed by atoms with Crippen molar-refractivity contribution in [1.29, 1.82) is 0 Å². The third-order valence-corrected chi connectivity index (χ3v) is 4.00. The van der Waals surface area contributed by atoms with E-state index in [0.29, 0.717) is 5.92 Å². The van der Waals surface area contributed by atoms with Gasteiger partial charge < -0.3 is 4.90 Å². The highest BCUT2D eigenvalue weighted by Gasteiger charge is 2.20. The zero-order chi connectivity index (χ0) is 13.8. The van der Waals surface area contributed by atoms with Crippen LogP contribution in [0.15, 0.2) is 24.3 Å². The molecule has 3 nitrogen and oxygen atoms in total. The zero-order valence-corrected chi connectivity index (χ0v) is 12.4. The summed E-state index contributed by atoms with van der Waals surface area (Å²) in [6.45, 7) is 8.50. The molecule has 0 bridgehead atoms. The van der Waals surface area contributed by atoms with Crippen molar-refractivity contribution in [3.63, 3.8) is 0 Å². The lowest BCUT2D eigenvalue weighted by molar-refractivity contribution is -0.130. The van der Waals surface area contributed by atoms with E-state index in [9.17, 15) is 4.79 Å². The second-order valence-electron chi connectivity index (χ2n) is 5.26. The number of benzene rings is 1. The van der Waals surface area contributed by atoms with Gasteiger partial charge in [0.2, 0.25) is 5.91 Å². The first-order valence-electron chi connectivity index (χ1n) is 6.79. The molecular formula is C15H21ClN2O. The highest BCUT2D eigenvalue weighted by molar-refractivity contribution is 6.30. The molecule has 0 aliphatic carbocycles. The van der Waals surface area contributed by atoms with Gasteiger partial charge in [-0.2, -0.15) is 0 Å². The summed E-state index contributed by atoms with van der Waals surface area (Å²) in [5.41, 5.74) is 1.28. The van der Waals surface area contributed by atoms with Crippen LogP contribution in [0.4, 0.5) is 0 Å². The van der Waals surface area contributed by atoms with Crippen molar-refractivity contribution in [3.05, 3.63) is 34.9 Å². The van der Waals surface area contributed by atoms with Crippen LogP contribution in [0.3, 0.4) is 0 Å². The average molecular weight is 281 g/mol. The monoisotopic (exact) mass is 280 g/mol. The number of hydrogen-bond acceptors (Lipinski definition) is 2. The van der Waals surface area contributed by atoms with E-state index in [1.54, 1.807) is 6.92 Å². The molecule has 0 saturated carbocycles. The van der Waals surface area contributed by atoms with E-state index >= 15 is 0 Å². The molecule has 1 aromatic carbocycles. The second kappa shape index (κ2) is 6.40. The number of carbonyl (C=O) groups is 1. The Bertz CT molecular complexity index is 442. The standard InChI is InChI=1S/C15H21ClN2O/c1-12(14-4-3-5-15(16)10-14)11-17-6-8-18(9-7-17)13(2)19/h3-5,10,12H,6-9,11H2,1-2H3/t12-/m0/s1. The molecule has 1 saturated heterocycles. The Morgan fingerprint density at radius 3 is 2.58 bits per heavy atom. The summed E-state index contributed by atoms with van der Waals surface area (Å²) in [6, 6.07) is 8.08. The van der Waals surface area contributed by atoms with Crippen LogP contribution in [0.2, 0.25) is 5.02 Å². The molecule has 104 valence electrons. The van der Waals surface area contributed by atoms with Crippen molar-refractivity contribution >= 4 is 17.5 Å². The van der Waals surface area contributed by atoms with Gasteiger partial charge in [0, 0.05) is 44.7 Å². The summed E-state index contributed by atoms with van der Waals surface area (Å²) >= 11 is 6.03. The number of rotatable bonds is 3. The number of piperazine rings is 1. The number of carbonyl (C=O) groups excluding carboxylic acids is 1. The van der Waals surface area contributed by atoms with E-state index in [1.807, 2.05) is 23.1 Å². The minimum absolute atomic E-state index is 0.183. The zero-order valence-electron chi connectivity index (χ0n) is 11.6. The van der Waals surface area contributed by atoms with Gasteiger partial charge in [0.1, 0.15) is 0 Å². The van der Waals surface area contributed by atoms with E-state index in [1.165, 1.54) is 5.56 Å². The molecule has 0 aromatic heterocycles. The van der Waals surface area contributed by atoms with E-state index in [4.69, 9.17) is 11.6 Å². The van der Waals surface area contributed by atoms with Crippen molar-refractivity contribution in [3.8, 4) is 0 Å². The molecule has 1 heterocycles. The highest BCUT2D eigenvalue weighted by Crippen LogP contribution is 2.20. The van der Waals surface area contributed by atoms with Crippen LogP contribution in [0.1, 0.15) is 25.3 Å². The lowest BCUT2D eigenvalue weighted by Crippen LogP contribution is -2.48. The van der Waals surface area contributed by atoms with Crippen molar-refractivity contribution < 1.29 is 4.79 Å². The van der Waals surface area contributed by atoms with Crippen LogP contribution in [0.25, 0.3) is 0 Å². The lowest BCUT2D eigenvalue weighted by Gasteiger charge is -2.35. The van der Waals surface area contributed by atoms with Gasteiger partial charge in [-0.25, -0.2) is 0 Å². The Labute approximate surface area is 120 Å². The van der Waals surface area contributed by atoms with Crippen LogP contribution >= 0.6 is 11.6 Å². The molecule has 1 atom stereocenters. The molecule has 1 aliphatic heterocycles. The van der Waals surface area contributed by atoms with Crippen molar-refractivity contribution in [2.75, 3.05) is 32.7 Å². The largest absolute Gasteiger partial charge is 0.340 e. The SMILES string of the molecule is CC(=O)N1CCN(C[C@H](C)c2cccc(Cl)c2)CC1. The molecule has 19 heavy (non-hydrogen) atoms. The van der Waals surface area contributed by atoms with Gasteiger partial charge in [0.15, 0.2) is 0 Å². The number of hydrogen-bond donors (Lipinski definition) is 0. The minimum Gasteiger partial charge on any atom is -0.340 e. The Balaban J connectivity index is 1.87. The summed E-state index contributed by atoms with van der Waals surface area (Å²) < 4.78 is 0. The minimum atomic E-state index is 0.183. The van der Waals surface area contributed by atoms with Crippen LogP contribution in [-0.2, 0) is 4.79 Å². The first kappa shape index (κ1) is 14.4. The first-order chi connectivity index (χ1) is 9.06. The fourth-order valence-electron chi connectivity index (χ4n) is 2.55. The Hall–Kier alpha value is -1.06. The molecule has 1 aromatic rings. The van der Waals surface area contributed by atoms with Crippen LogP contribution in [0.5, 0.6) is 0 Å². The third-order valence-electron chi connectivity index (χ3n) is 3.77. The van der Waals surface area contributed by atoms with Gasteiger partial charge in [-0.3, -0.25) is 9.69 Å². The second-order valence-corrected chi connectivity index (χ2v) is 5.70. The van der Waals surface area contributed by atoms with Gasteiger partial charge in [0.05, 0.1) is 0 Å². The van der Waals surface area contributed by atoms with Crippen LogP contribution < -0.4 is 0 Å². The predicted molar refractivity (Wildman–Crippen MR) is 78.6 cm³/mol. The molecule has 0 radical (unpaired) electrons. The topological polar surface area (TPSA) is 23.6 Å². The molecular weight excluding hydrogens is 260 g/mol. The molecule has 0 unspecified atom stereocenters. The van der Waals surface area contributed by atoms with Gasteiger partial charge in [-0.1, -0.05) is 30.7 Å². The normalized spacial score (nSPS) is 18.4. The fraction of sp³-hybridized carbons (Fsp3) is 0.533. The smallest absolute Gasteiger partial charge is 0.219 e. The van der Waals surface area contributed by atoms with Gasteiger partial charge in [-0.05, 0) is 23.6 Å². The first-order valence-corrected chi connectivity index (χ1v) is 7.17. The van der Waals surface area contributed by atoms with Gasteiger partial charge in [0.25, 0.3) is 0 Å². The van der Waals surface area contributed by atoms with E-state index < -0.39 is 0 Å². The van der Waals surface area contributed by atoms with E-state index in [-0.39, 0.29) is 5.91 Å². The van der Waals surface area contributed by atoms with E-state index in [2.05, 4.69) is 17.9 Å². The fourth-order valence-corrected chi connectivity index (χ4v) is 2.75. The summed E-state index contributed by atoms with van der Waals surface area (Å²) in [5, 5.41) is 0.797. The average Bonchev–Trinajstić information content (AvgIpc) is 2.39. The Morgan fingerprint density at radius 1 is 1.32 bits per heavy atom. The van der Waals surface area contributed by atoms with Crippen LogP contribution in [0, 0.1) is 0 Å². The molecule has 0 N–H and O–H groups in total. The molecule has 4 heteroatoms. The van der Waals surface area contributed by atoms with Crippen LogP contribution in [-0.4, -0.2) is 48.4 Å². The van der Waals surface area contributed by atoms with Gasteiger partial charge >= 0.3 is 0 Å². The summed E-state index contributed by atoms with van der Waals surface area (Å²) in [7, 11) is 0. The lowest BCUT2D eigenvalue weighted by atomic mass is 10.0. The number of halogens is 1. The third kappa shape index (κ3) is 3.95. The Kier molecular flexibility index (Phi) is 4.83. The number of amides is 1. The van der Waals surface area contributed by atoms with Crippen molar-refractivity contribution in [1.82, 2.24) is 9.80 Å². The van der Waals surface area contributed by atoms with Gasteiger partial charge in [-0.15, -0.1) is 0 Å². The molecule has 1 amide bonds. The van der Waals surface area contributed by atoms with E-state index in [0.717, 1.165) is 37.7 Å². The maximum Gasteiger partial charge on any atom is 0.219 e. The molecule has 2 rings (SSSR count).